The number of hydrogen-bond donors (Lipinski definition) is 1. The van der Waals surface area contributed by atoms with Gasteiger partial charge < -0.3 is 5.32 Å². The summed E-state index contributed by atoms with van der Waals surface area (Å²) in [5.74, 6) is 0. The fourth-order valence-electron chi connectivity index (χ4n) is 3.52. The average Bonchev–Trinajstić information content (AvgIpc) is 2.92. The van der Waals surface area contributed by atoms with Crippen LogP contribution in [0.4, 0.5) is 0 Å². The van der Waals surface area contributed by atoms with Gasteiger partial charge in [-0.15, -0.1) is 0 Å². The van der Waals surface area contributed by atoms with Crippen LogP contribution in [-0.2, 0) is 11.8 Å². The van der Waals surface area contributed by atoms with E-state index >= 15 is 0 Å². The minimum absolute atomic E-state index is 0.346. The van der Waals surface area contributed by atoms with Crippen LogP contribution in [0.2, 0.25) is 0 Å². The molecule has 2 aromatic rings. The van der Waals surface area contributed by atoms with Crippen LogP contribution in [0.25, 0.3) is 0 Å². The first-order valence-corrected chi connectivity index (χ1v) is 8.59. The molecule has 0 aliphatic heterocycles. The van der Waals surface area contributed by atoms with Crippen LogP contribution < -0.4 is 5.32 Å². The van der Waals surface area contributed by atoms with Gasteiger partial charge in [-0.05, 0) is 53.8 Å². The molecular formula is C18H23NS. The first-order valence-electron chi connectivity index (χ1n) is 7.65. The summed E-state index contributed by atoms with van der Waals surface area (Å²) < 4.78 is 0. The Labute approximate surface area is 126 Å². The van der Waals surface area contributed by atoms with Gasteiger partial charge in [0.15, 0.2) is 0 Å². The van der Waals surface area contributed by atoms with Crippen LogP contribution >= 0.6 is 11.3 Å². The normalized spacial score (nSPS) is 18.4. The van der Waals surface area contributed by atoms with E-state index in [1.165, 1.54) is 30.4 Å². The minimum atomic E-state index is 0.346. The smallest absolute Gasteiger partial charge is 0.0205 e. The molecule has 2 heteroatoms. The fourth-order valence-corrected chi connectivity index (χ4v) is 4.20. The van der Waals surface area contributed by atoms with Gasteiger partial charge in [0, 0.05) is 11.5 Å². The minimum Gasteiger partial charge on any atom is -0.313 e. The molecule has 1 heterocycles. The Morgan fingerprint density at radius 1 is 1.20 bits per heavy atom. The van der Waals surface area contributed by atoms with Gasteiger partial charge in [-0.3, -0.25) is 0 Å². The van der Waals surface area contributed by atoms with Crippen molar-refractivity contribution in [1.29, 1.82) is 0 Å². The lowest BCUT2D eigenvalue weighted by Crippen LogP contribution is -2.53. The summed E-state index contributed by atoms with van der Waals surface area (Å²) in [4.78, 5) is 0. The summed E-state index contributed by atoms with van der Waals surface area (Å²) in [6, 6.07) is 13.9. The highest BCUT2D eigenvalue weighted by atomic mass is 32.1. The third kappa shape index (κ3) is 2.55. The zero-order valence-electron chi connectivity index (χ0n) is 12.1. The van der Waals surface area contributed by atoms with E-state index in [1.807, 2.05) is 0 Å². The standard InChI is InChI=1S/C18H23NS/c1-2-19-17(13-15-9-12-20-14-15)18(10-6-11-18)16-7-4-3-5-8-16/h3-5,7-9,12,14,17,19H,2,6,10-11,13H2,1H3. The van der Waals surface area contributed by atoms with Crippen LogP contribution in [0.15, 0.2) is 47.2 Å². The largest absolute Gasteiger partial charge is 0.313 e. The Kier molecular flexibility index (Phi) is 4.23. The van der Waals surface area contributed by atoms with Gasteiger partial charge in [0.2, 0.25) is 0 Å². The van der Waals surface area contributed by atoms with Crippen LogP contribution in [0.3, 0.4) is 0 Å². The van der Waals surface area contributed by atoms with Gasteiger partial charge in [0.25, 0.3) is 0 Å². The molecule has 1 N–H and O–H groups in total. The number of rotatable bonds is 6. The van der Waals surface area contributed by atoms with E-state index in [0.29, 0.717) is 11.5 Å². The van der Waals surface area contributed by atoms with Crippen molar-refractivity contribution in [2.24, 2.45) is 0 Å². The second-order valence-electron chi connectivity index (χ2n) is 5.82. The Morgan fingerprint density at radius 3 is 2.55 bits per heavy atom. The molecular weight excluding hydrogens is 262 g/mol. The first-order chi connectivity index (χ1) is 9.85. The van der Waals surface area contributed by atoms with E-state index in [9.17, 15) is 0 Å². The highest BCUT2D eigenvalue weighted by Crippen LogP contribution is 2.47. The summed E-state index contributed by atoms with van der Waals surface area (Å²) >= 11 is 1.80. The van der Waals surface area contributed by atoms with Crippen LogP contribution in [-0.4, -0.2) is 12.6 Å². The Bertz CT molecular complexity index is 514. The predicted octanol–water partition coefficient (Wildman–Crippen LogP) is 4.39. The van der Waals surface area contributed by atoms with Crippen LogP contribution in [0.5, 0.6) is 0 Å². The average molecular weight is 285 g/mol. The Balaban J connectivity index is 1.88. The van der Waals surface area contributed by atoms with E-state index in [1.54, 1.807) is 11.3 Å². The van der Waals surface area contributed by atoms with E-state index in [4.69, 9.17) is 0 Å². The molecule has 1 saturated carbocycles. The molecule has 0 spiro atoms. The van der Waals surface area contributed by atoms with Gasteiger partial charge in [0.1, 0.15) is 0 Å². The molecule has 1 aromatic carbocycles. The quantitative estimate of drug-likeness (QED) is 0.830. The van der Waals surface area contributed by atoms with Crippen molar-refractivity contribution >= 4 is 11.3 Å². The SMILES string of the molecule is CCNC(Cc1ccsc1)C1(c2ccccc2)CCC1. The highest BCUT2D eigenvalue weighted by molar-refractivity contribution is 7.07. The van der Waals surface area contributed by atoms with Crippen molar-refractivity contribution in [3.8, 4) is 0 Å². The third-order valence-electron chi connectivity index (χ3n) is 4.73. The molecule has 1 unspecified atom stereocenters. The molecule has 3 rings (SSSR count). The molecule has 0 amide bonds. The summed E-state index contributed by atoms with van der Waals surface area (Å²) in [7, 11) is 0. The van der Waals surface area contributed by atoms with Crippen molar-refractivity contribution < 1.29 is 0 Å². The number of likely N-dealkylation sites (N-methyl/N-ethyl adjacent to an activating group) is 1. The molecule has 1 nitrogen and oxygen atoms in total. The van der Waals surface area contributed by atoms with Crippen LogP contribution in [0, 0.1) is 0 Å². The topological polar surface area (TPSA) is 12.0 Å². The molecule has 0 saturated heterocycles. The van der Waals surface area contributed by atoms with E-state index in [-0.39, 0.29) is 0 Å². The lowest BCUT2D eigenvalue weighted by atomic mass is 9.59. The monoisotopic (exact) mass is 285 g/mol. The van der Waals surface area contributed by atoms with Gasteiger partial charge in [0.05, 0.1) is 0 Å². The second-order valence-corrected chi connectivity index (χ2v) is 6.60. The maximum absolute atomic E-state index is 3.77. The Morgan fingerprint density at radius 2 is 2.00 bits per heavy atom. The van der Waals surface area contributed by atoms with Crippen molar-refractivity contribution in [3.05, 3.63) is 58.3 Å². The van der Waals surface area contributed by atoms with Crippen molar-refractivity contribution in [3.63, 3.8) is 0 Å². The van der Waals surface area contributed by atoms with E-state index in [2.05, 4.69) is 59.4 Å². The molecule has 1 aromatic heterocycles. The number of nitrogens with one attached hydrogen (secondary N) is 1. The number of hydrogen-bond acceptors (Lipinski definition) is 2. The van der Waals surface area contributed by atoms with E-state index in [0.717, 1.165) is 13.0 Å². The summed E-state index contributed by atoms with van der Waals surface area (Å²) in [6.07, 6.45) is 5.14. The molecule has 106 valence electrons. The zero-order valence-corrected chi connectivity index (χ0v) is 13.0. The lowest BCUT2D eigenvalue weighted by molar-refractivity contribution is 0.169. The Hall–Kier alpha value is -1.12. The van der Waals surface area contributed by atoms with Gasteiger partial charge >= 0.3 is 0 Å². The van der Waals surface area contributed by atoms with Gasteiger partial charge in [-0.25, -0.2) is 0 Å². The van der Waals surface area contributed by atoms with Gasteiger partial charge in [-0.2, -0.15) is 11.3 Å². The van der Waals surface area contributed by atoms with Crippen molar-refractivity contribution in [2.45, 2.75) is 44.1 Å². The molecule has 1 aliphatic rings. The van der Waals surface area contributed by atoms with Gasteiger partial charge in [-0.1, -0.05) is 43.7 Å². The maximum atomic E-state index is 3.77. The third-order valence-corrected chi connectivity index (χ3v) is 5.46. The number of thiophene rings is 1. The zero-order chi connectivity index (χ0) is 13.8. The molecule has 1 fully saturated rings. The van der Waals surface area contributed by atoms with Crippen molar-refractivity contribution in [1.82, 2.24) is 5.32 Å². The maximum Gasteiger partial charge on any atom is 0.0205 e. The molecule has 0 radical (unpaired) electrons. The van der Waals surface area contributed by atoms with E-state index < -0.39 is 0 Å². The molecule has 0 bridgehead atoms. The summed E-state index contributed by atoms with van der Waals surface area (Å²) in [5.41, 5.74) is 3.34. The highest BCUT2D eigenvalue weighted by Gasteiger charge is 2.44. The van der Waals surface area contributed by atoms with Crippen molar-refractivity contribution in [2.75, 3.05) is 6.54 Å². The summed E-state index contributed by atoms with van der Waals surface area (Å²) in [5, 5.41) is 8.25. The molecule has 20 heavy (non-hydrogen) atoms. The molecule has 1 aliphatic carbocycles. The second kappa shape index (κ2) is 6.11. The summed E-state index contributed by atoms with van der Waals surface area (Å²) in [6.45, 7) is 3.27. The molecule has 1 atom stereocenters. The lowest BCUT2D eigenvalue weighted by Gasteiger charge is -2.49. The number of benzene rings is 1. The fraction of sp³-hybridized carbons (Fsp3) is 0.444. The first kappa shape index (κ1) is 13.8. The predicted molar refractivity (Wildman–Crippen MR) is 87.5 cm³/mol. The van der Waals surface area contributed by atoms with Crippen LogP contribution in [0.1, 0.15) is 37.3 Å².